The highest BCUT2D eigenvalue weighted by Gasteiger charge is 2.44. The van der Waals surface area contributed by atoms with Gasteiger partial charge in [0.05, 0.1) is 56.5 Å². The highest BCUT2D eigenvalue weighted by Crippen LogP contribution is 2.40. The molecule has 0 unspecified atom stereocenters. The number of ether oxygens (including phenoxy) is 5. The Bertz CT molecular complexity index is 1110. The number of benzene rings is 2. The quantitative estimate of drug-likeness (QED) is 0.504. The van der Waals surface area contributed by atoms with E-state index in [4.69, 9.17) is 23.7 Å². The SMILES string of the molecule is CC1(C)c2ccccc2-[n+]2c1ccc1cc3c(cc12)OCCOCCOCCOCCO3. The van der Waals surface area contributed by atoms with Crippen LogP contribution in [0.5, 0.6) is 11.5 Å². The van der Waals surface area contributed by atoms with Crippen molar-refractivity contribution in [1.82, 2.24) is 0 Å². The monoisotopic (exact) mass is 436 g/mol. The Morgan fingerprint density at radius 3 is 1.97 bits per heavy atom. The van der Waals surface area contributed by atoms with Gasteiger partial charge in [0, 0.05) is 17.7 Å². The Balaban J connectivity index is 1.55. The summed E-state index contributed by atoms with van der Waals surface area (Å²) in [5.41, 5.74) is 4.84. The molecule has 0 radical (unpaired) electrons. The average molecular weight is 437 g/mol. The number of para-hydroxylation sites is 1. The summed E-state index contributed by atoms with van der Waals surface area (Å²) in [7, 11) is 0. The van der Waals surface area contributed by atoms with Crippen LogP contribution >= 0.6 is 0 Å². The van der Waals surface area contributed by atoms with E-state index in [2.05, 4.69) is 66.9 Å². The predicted molar refractivity (Wildman–Crippen MR) is 121 cm³/mol. The van der Waals surface area contributed by atoms with E-state index in [1.165, 1.54) is 16.9 Å². The van der Waals surface area contributed by atoms with Gasteiger partial charge in [-0.3, -0.25) is 0 Å². The molecule has 6 heteroatoms. The van der Waals surface area contributed by atoms with Gasteiger partial charge in [-0.1, -0.05) is 18.2 Å². The molecule has 32 heavy (non-hydrogen) atoms. The van der Waals surface area contributed by atoms with Gasteiger partial charge in [0.15, 0.2) is 17.2 Å². The molecule has 2 aromatic carbocycles. The minimum absolute atomic E-state index is 0.0690. The van der Waals surface area contributed by atoms with Crippen LogP contribution in [-0.4, -0.2) is 52.9 Å². The van der Waals surface area contributed by atoms with Crippen LogP contribution < -0.4 is 14.0 Å². The zero-order valence-electron chi connectivity index (χ0n) is 18.8. The molecule has 0 bridgehead atoms. The second-order valence-electron chi connectivity index (χ2n) is 8.59. The third-order valence-electron chi connectivity index (χ3n) is 6.17. The summed E-state index contributed by atoms with van der Waals surface area (Å²) in [6, 6.07) is 17.2. The van der Waals surface area contributed by atoms with Gasteiger partial charge < -0.3 is 23.7 Å². The lowest BCUT2D eigenvalue weighted by molar-refractivity contribution is -0.571. The fraction of sp³-hybridized carbons (Fsp3) is 0.423. The van der Waals surface area contributed by atoms with E-state index < -0.39 is 0 Å². The number of fused-ring (bicyclic) bond motifs is 6. The second-order valence-corrected chi connectivity index (χ2v) is 8.59. The van der Waals surface area contributed by atoms with E-state index in [1.54, 1.807) is 0 Å². The van der Waals surface area contributed by atoms with Crippen LogP contribution in [0.3, 0.4) is 0 Å². The highest BCUT2D eigenvalue weighted by atomic mass is 16.6. The van der Waals surface area contributed by atoms with Gasteiger partial charge in [0.25, 0.3) is 0 Å². The summed E-state index contributed by atoms with van der Waals surface area (Å²) in [5.74, 6) is 1.44. The molecule has 2 aliphatic rings. The summed E-state index contributed by atoms with van der Waals surface area (Å²) in [6.45, 7) is 8.64. The minimum atomic E-state index is -0.0690. The van der Waals surface area contributed by atoms with Crippen molar-refractivity contribution in [2.75, 3.05) is 52.9 Å². The largest absolute Gasteiger partial charge is 0.487 e. The van der Waals surface area contributed by atoms with Gasteiger partial charge in [0.1, 0.15) is 13.2 Å². The summed E-state index contributed by atoms with van der Waals surface area (Å²) >= 11 is 0. The fourth-order valence-corrected chi connectivity index (χ4v) is 4.54. The highest BCUT2D eigenvalue weighted by molar-refractivity contribution is 5.81. The number of pyridine rings is 1. The molecule has 0 amide bonds. The van der Waals surface area contributed by atoms with Crippen molar-refractivity contribution in [2.45, 2.75) is 19.3 Å². The Kier molecular flexibility index (Phi) is 6.00. The molecule has 0 atom stereocenters. The zero-order valence-corrected chi connectivity index (χ0v) is 18.8. The van der Waals surface area contributed by atoms with Crippen LogP contribution in [0, 0.1) is 0 Å². The lowest BCUT2D eigenvalue weighted by atomic mass is 9.83. The smallest absolute Gasteiger partial charge is 0.222 e. The van der Waals surface area contributed by atoms with Crippen LogP contribution in [0.2, 0.25) is 0 Å². The number of hydrogen-bond acceptors (Lipinski definition) is 5. The fourth-order valence-electron chi connectivity index (χ4n) is 4.54. The van der Waals surface area contributed by atoms with Crippen LogP contribution in [0.1, 0.15) is 25.1 Å². The first-order chi connectivity index (χ1) is 15.7. The summed E-state index contributed by atoms with van der Waals surface area (Å²) in [5, 5.41) is 1.10. The van der Waals surface area contributed by atoms with Crippen molar-refractivity contribution in [1.29, 1.82) is 0 Å². The van der Waals surface area contributed by atoms with Crippen molar-refractivity contribution >= 4 is 10.9 Å². The number of aromatic nitrogens is 1. The van der Waals surface area contributed by atoms with Gasteiger partial charge in [-0.25, -0.2) is 0 Å². The maximum atomic E-state index is 6.13. The summed E-state index contributed by atoms with van der Waals surface area (Å²) < 4.78 is 31.2. The van der Waals surface area contributed by atoms with Crippen molar-refractivity contribution in [3.05, 3.63) is 59.8 Å². The Hall–Kier alpha value is -2.67. The molecule has 0 fully saturated rings. The minimum Gasteiger partial charge on any atom is -0.487 e. The van der Waals surface area contributed by atoms with E-state index >= 15 is 0 Å². The van der Waals surface area contributed by atoms with Crippen molar-refractivity contribution < 1.29 is 28.3 Å². The first-order valence-electron chi connectivity index (χ1n) is 11.3. The molecule has 0 saturated carbocycles. The standard InChI is InChI=1S/C26H30NO5/c1-26(2)20-5-3-4-6-21(20)27-22-18-24-23(17-19(22)7-8-25(26)27)31-15-13-29-11-9-28-10-12-30-14-16-32-24/h3-8,17-18H,9-16H2,1-2H3/q+1. The van der Waals surface area contributed by atoms with E-state index in [0.29, 0.717) is 52.9 Å². The molecule has 0 spiro atoms. The molecule has 3 heterocycles. The van der Waals surface area contributed by atoms with Crippen molar-refractivity contribution in [2.24, 2.45) is 0 Å². The Labute approximate surface area is 188 Å². The zero-order chi connectivity index (χ0) is 22.0. The number of nitrogens with zero attached hydrogens (tertiary/aromatic N) is 1. The normalized spacial score (nSPS) is 18.9. The van der Waals surface area contributed by atoms with Crippen LogP contribution in [0.25, 0.3) is 16.6 Å². The van der Waals surface area contributed by atoms with Gasteiger partial charge in [-0.2, -0.15) is 4.57 Å². The average Bonchev–Trinajstić information content (AvgIpc) is 3.03. The van der Waals surface area contributed by atoms with Gasteiger partial charge >= 0.3 is 0 Å². The lowest BCUT2D eigenvalue weighted by Gasteiger charge is -2.15. The van der Waals surface area contributed by atoms with Crippen LogP contribution in [0.15, 0.2) is 48.5 Å². The molecule has 0 aliphatic carbocycles. The van der Waals surface area contributed by atoms with Crippen LogP contribution in [-0.2, 0) is 19.6 Å². The third kappa shape index (κ3) is 3.94. The number of rotatable bonds is 0. The molecular weight excluding hydrogens is 406 g/mol. The topological polar surface area (TPSA) is 50.0 Å². The second kappa shape index (κ2) is 9.06. The maximum absolute atomic E-state index is 6.13. The van der Waals surface area contributed by atoms with Gasteiger partial charge in [-0.15, -0.1) is 0 Å². The molecular formula is C26H30NO5+. The Morgan fingerprint density at radius 2 is 1.28 bits per heavy atom. The van der Waals surface area contributed by atoms with Crippen LogP contribution in [0.4, 0.5) is 0 Å². The summed E-state index contributed by atoms with van der Waals surface area (Å²) in [4.78, 5) is 0. The van der Waals surface area contributed by atoms with E-state index in [9.17, 15) is 0 Å². The molecule has 1 aromatic heterocycles. The summed E-state index contributed by atoms with van der Waals surface area (Å²) in [6.07, 6.45) is 0. The maximum Gasteiger partial charge on any atom is 0.222 e. The molecule has 5 rings (SSSR count). The van der Waals surface area contributed by atoms with E-state index in [0.717, 1.165) is 22.4 Å². The molecule has 168 valence electrons. The molecule has 0 saturated heterocycles. The Morgan fingerprint density at radius 1 is 0.688 bits per heavy atom. The first-order valence-corrected chi connectivity index (χ1v) is 11.3. The van der Waals surface area contributed by atoms with Gasteiger partial charge in [0.2, 0.25) is 11.2 Å². The molecule has 3 aromatic rings. The third-order valence-corrected chi connectivity index (χ3v) is 6.17. The lowest BCUT2D eigenvalue weighted by Crippen LogP contribution is -2.35. The van der Waals surface area contributed by atoms with Gasteiger partial charge in [-0.05, 0) is 26.0 Å². The predicted octanol–water partition coefficient (Wildman–Crippen LogP) is 3.58. The number of hydrogen-bond donors (Lipinski definition) is 0. The molecule has 2 aliphatic heterocycles. The van der Waals surface area contributed by atoms with E-state index in [-0.39, 0.29) is 5.41 Å². The first kappa shape index (κ1) is 21.2. The molecule has 6 nitrogen and oxygen atoms in total. The molecule has 0 N–H and O–H groups in total. The van der Waals surface area contributed by atoms with E-state index in [1.807, 2.05) is 0 Å². The van der Waals surface area contributed by atoms with Crippen molar-refractivity contribution in [3.63, 3.8) is 0 Å². The van der Waals surface area contributed by atoms with Crippen molar-refractivity contribution in [3.8, 4) is 17.2 Å².